The summed E-state index contributed by atoms with van der Waals surface area (Å²) in [5.41, 5.74) is 1.06. The standard InChI is InChI=1S/C22H24Cl2N6O/c1-2-30-22(31-18-5-3-4-16(23)8-18)26-21(28-30)10-19-14-6-7-15(19)13-29(12-14)17-9-20(24)27-25-11-17/h3-5,8-9,11,14-15,19H,2,6-7,10,12-13H2,1H3. The molecule has 9 heteroatoms. The van der Waals surface area contributed by atoms with Crippen LogP contribution in [0.1, 0.15) is 25.6 Å². The van der Waals surface area contributed by atoms with E-state index in [1.807, 2.05) is 35.9 Å². The molecule has 7 nitrogen and oxygen atoms in total. The number of hydrogen-bond acceptors (Lipinski definition) is 6. The van der Waals surface area contributed by atoms with Gasteiger partial charge in [-0.15, -0.1) is 5.10 Å². The number of piperidine rings is 1. The zero-order valence-electron chi connectivity index (χ0n) is 17.3. The summed E-state index contributed by atoms with van der Waals surface area (Å²) in [6.45, 7) is 4.75. The van der Waals surface area contributed by atoms with Crippen molar-refractivity contribution in [2.24, 2.45) is 17.8 Å². The van der Waals surface area contributed by atoms with Crippen molar-refractivity contribution in [2.45, 2.75) is 32.7 Å². The molecule has 5 rings (SSSR count). The summed E-state index contributed by atoms with van der Waals surface area (Å²) < 4.78 is 7.80. The van der Waals surface area contributed by atoms with Gasteiger partial charge in [0.1, 0.15) is 5.75 Å². The molecule has 2 fully saturated rings. The van der Waals surface area contributed by atoms with Crippen LogP contribution >= 0.6 is 23.2 Å². The number of ether oxygens (including phenoxy) is 1. The lowest BCUT2D eigenvalue weighted by Gasteiger charge is -2.38. The molecule has 2 unspecified atom stereocenters. The maximum Gasteiger partial charge on any atom is 0.320 e. The number of aryl methyl sites for hydroxylation is 1. The number of halogens is 2. The van der Waals surface area contributed by atoms with Gasteiger partial charge in [0.2, 0.25) is 0 Å². The lowest BCUT2D eigenvalue weighted by molar-refractivity contribution is 0.265. The first-order valence-corrected chi connectivity index (χ1v) is 11.4. The fourth-order valence-electron chi connectivity index (χ4n) is 4.97. The van der Waals surface area contributed by atoms with Crippen LogP contribution < -0.4 is 9.64 Å². The molecule has 0 amide bonds. The van der Waals surface area contributed by atoms with E-state index in [4.69, 9.17) is 38.0 Å². The fourth-order valence-corrected chi connectivity index (χ4v) is 5.31. The SMILES string of the molecule is CCn1nc(CC2C3CCC2CN(c2cnnc(Cl)c2)C3)nc1Oc1cccc(Cl)c1. The second kappa shape index (κ2) is 8.63. The molecule has 3 aromatic rings. The van der Waals surface area contributed by atoms with Gasteiger partial charge >= 0.3 is 6.01 Å². The Bertz CT molecular complexity index is 1060. The molecular weight excluding hydrogens is 435 g/mol. The number of fused-ring (bicyclic) bond motifs is 2. The highest BCUT2D eigenvalue weighted by atomic mass is 35.5. The Morgan fingerprint density at radius 2 is 1.94 bits per heavy atom. The van der Waals surface area contributed by atoms with Gasteiger partial charge in [-0.25, -0.2) is 4.68 Å². The zero-order valence-corrected chi connectivity index (χ0v) is 18.8. The predicted octanol–water partition coefficient (Wildman–Crippen LogP) is 4.89. The van der Waals surface area contributed by atoms with Gasteiger partial charge in [0, 0.05) is 37.1 Å². The van der Waals surface area contributed by atoms with Crippen LogP contribution in [0.25, 0.3) is 0 Å². The predicted molar refractivity (Wildman–Crippen MR) is 120 cm³/mol. The van der Waals surface area contributed by atoms with Crippen LogP contribution in [0.15, 0.2) is 36.5 Å². The highest BCUT2D eigenvalue weighted by Gasteiger charge is 2.42. The van der Waals surface area contributed by atoms with Crippen molar-refractivity contribution in [3.63, 3.8) is 0 Å². The average molecular weight is 459 g/mol. The van der Waals surface area contributed by atoms with Gasteiger partial charge in [-0.1, -0.05) is 29.3 Å². The Kier molecular flexibility index (Phi) is 5.71. The van der Waals surface area contributed by atoms with E-state index in [2.05, 4.69) is 15.1 Å². The van der Waals surface area contributed by atoms with Gasteiger partial charge in [0.05, 0.1) is 11.9 Å². The zero-order chi connectivity index (χ0) is 21.4. The Labute approximate surface area is 191 Å². The summed E-state index contributed by atoms with van der Waals surface area (Å²) in [6, 6.07) is 9.76. The molecule has 0 N–H and O–H groups in total. The Balaban J connectivity index is 1.30. The maximum atomic E-state index is 6.08. The van der Waals surface area contributed by atoms with Crippen LogP contribution in [0.5, 0.6) is 11.8 Å². The van der Waals surface area contributed by atoms with Crippen LogP contribution in [0, 0.1) is 17.8 Å². The Hall–Kier alpha value is -2.38. The first-order chi connectivity index (χ1) is 15.1. The lowest BCUT2D eigenvalue weighted by atomic mass is 9.82. The van der Waals surface area contributed by atoms with Crippen molar-refractivity contribution in [3.05, 3.63) is 52.5 Å². The summed E-state index contributed by atoms with van der Waals surface area (Å²) in [7, 11) is 0. The average Bonchev–Trinajstić information content (AvgIpc) is 3.23. The van der Waals surface area contributed by atoms with E-state index in [-0.39, 0.29) is 0 Å². The van der Waals surface area contributed by atoms with Crippen LogP contribution in [0.4, 0.5) is 5.69 Å². The van der Waals surface area contributed by atoms with Crippen molar-refractivity contribution in [1.29, 1.82) is 0 Å². The van der Waals surface area contributed by atoms with Gasteiger partial charge in [0.25, 0.3) is 0 Å². The summed E-state index contributed by atoms with van der Waals surface area (Å²) in [5, 5.41) is 13.7. The molecule has 0 radical (unpaired) electrons. The molecule has 31 heavy (non-hydrogen) atoms. The van der Waals surface area contributed by atoms with E-state index in [1.165, 1.54) is 12.8 Å². The number of nitrogens with zero attached hydrogens (tertiary/aromatic N) is 6. The third-order valence-corrected chi connectivity index (χ3v) is 6.83. The van der Waals surface area contributed by atoms with Crippen molar-refractivity contribution < 1.29 is 4.74 Å². The molecule has 2 aliphatic rings. The van der Waals surface area contributed by atoms with E-state index in [0.717, 1.165) is 31.0 Å². The van der Waals surface area contributed by atoms with Crippen molar-refractivity contribution in [3.8, 4) is 11.8 Å². The number of hydrogen-bond donors (Lipinski definition) is 0. The third-order valence-electron chi connectivity index (χ3n) is 6.41. The van der Waals surface area contributed by atoms with Crippen LogP contribution in [-0.4, -0.2) is 38.1 Å². The number of benzene rings is 1. The van der Waals surface area contributed by atoms with Crippen LogP contribution in [-0.2, 0) is 13.0 Å². The summed E-state index contributed by atoms with van der Waals surface area (Å²) in [4.78, 5) is 7.12. The minimum absolute atomic E-state index is 0.438. The molecule has 2 aromatic heterocycles. The van der Waals surface area contributed by atoms with E-state index in [9.17, 15) is 0 Å². The van der Waals surface area contributed by atoms with E-state index >= 15 is 0 Å². The van der Waals surface area contributed by atoms with Gasteiger partial charge in [-0.2, -0.15) is 15.2 Å². The molecule has 2 atom stereocenters. The minimum atomic E-state index is 0.438. The normalized spacial score (nSPS) is 22.7. The second-order valence-corrected chi connectivity index (χ2v) is 9.12. The van der Waals surface area contributed by atoms with Crippen molar-refractivity contribution in [1.82, 2.24) is 25.0 Å². The van der Waals surface area contributed by atoms with Crippen LogP contribution in [0.3, 0.4) is 0 Å². The summed E-state index contributed by atoms with van der Waals surface area (Å²) in [5.74, 6) is 3.31. The molecule has 1 aromatic carbocycles. The smallest absolute Gasteiger partial charge is 0.320 e. The topological polar surface area (TPSA) is 69.0 Å². The van der Waals surface area contributed by atoms with Crippen molar-refractivity contribution in [2.75, 3.05) is 18.0 Å². The first-order valence-electron chi connectivity index (χ1n) is 10.7. The third kappa shape index (κ3) is 4.34. The van der Waals surface area contributed by atoms with Gasteiger partial charge in [-0.3, -0.25) is 0 Å². The highest BCUT2D eigenvalue weighted by molar-refractivity contribution is 6.30. The lowest BCUT2D eigenvalue weighted by Crippen LogP contribution is -2.42. The number of anilines is 1. The van der Waals surface area contributed by atoms with Gasteiger partial charge < -0.3 is 9.64 Å². The molecule has 1 saturated carbocycles. The molecule has 2 bridgehead atoms. The fraction of sp³-hybridized carbons (Fsp3) is 0.455. The van der Waals surface area contributed by atoms with Gasteiger partial charge in [-0.05, 0) is 55.7 Å². The second-order valence-electron chi connectivity index (χ2n) is 8.29. The molecule has 162 valence electrons. The summed E-state index contributed by atoms with van der Waals surface area (Å²) in [6.07, 6.45) is 5.14. The van der Waals surface area contributed by atoms with Crippen LogP contribution in [0.2, 0.25) is 10.2 Å². The monoisotopic (exact) mass is 458 g/mol. The van der Waals surface area contributed by atoms with E-state index < -0.39 is 0 Å². The molecule has 0 spiro atoms. The molecule has 1 aliphatic heterocycles. The first kappa shape index (κ1) is 20.5. The van der Waals surface area contributed by atoms with E-state index in [0.29, 0.717) is 46.2 Å². The highest BCUT2D eigenvalue weighted by Crippen LogP contribution is 2.44. The number of rotatable bonds is 6. The quantitative estimate of drug-likeness (QED) is 0.523. The maximum absolute atomic E-state index is 6.08. The Morgan fingerprint density at radius 3 is 2.65 bits per heavy atom. The van der Waals surface area contributed by atoms with Crippen molar-refractivity contribution >= 4 is 28.9 Å². The molecule has 3 heterocycles. The molecule has 1 saturated heterocycles. The van der Waals surface area contributed by atoms with Gasteiger partial charge in [0.15, 0.2) is 11.0 Å². The Morgan fingerprint density at radius 1 is 1.13 bits per heavy atom. The number of aromatic nitrogens is 5. The molecular formula is C22H24Cl2N6O. The van der Waals surface area contributed by atoms with E-state index in [1.54, 1.807) is 12.3 Å². The minimum Gasteiger partial charge on any atom is -0.424 e. The summed E-state index contributed by atoms with van der Waals surface area (Å²) >= 11 is 12.1. The molecule has 1 aliphatic carbocycles. The largest absolute Gasteiger partial charge is 0.424 e.